The Morgan fingerprint density at radius 2 is 1.89 bits per heavy atom. The number of halogens is 1. The van der Waals surface area contributed by atoms with E-state index in [0.29, 0.717) is 28.9 Å². The molecule has 0 fully saturated rings. The van der Waals surface area contributed by atoms with Gasteiger partial charge < -0.3 is 10.2 Å². The van der Waals surface area contributed by atoms with Gasteiger partial charge in [-0.3, -0.25) is 9.59 Å². The summed E-state index contributed by atoms with van der Waals surface area (Å²) in [6, 6.07) is 19.2. The number of allylic oxidation sites excluding steroid dienone is 1. The molecule has 1 aliphatic heterocycles. The lowest BCUT2D eigenvalue weighted by molar-refractivity contribution is 0.0950. The Labute approximate surface area is 209 Å². The molecule has 2 aliphatic rings. The summed E-state index contributed by atoms with van der Waals surface area (Å²) in [6.45, 7) is 0.797. The van der Waals surface area contributed by atoms with E-state index in [0.717, 1.165) is 29.1 Å². The highest BCUT2D eigenvalue weighted by atomic mass is 32.2. The molecular formula is C29H27FN2O2S. The standard InChI is InChI=1S/C29H27FN2O2S/c30-23-10-6-9-21(17-23)19-32-25-18-22(28(33)31-16-15-20-7-2-1-3-8-20)13-14-27(25)35-26-12-5-4-11-24(26)29(32)34/h4-7,9-14,17-18H,1-3,8,15-16,19H2,(H,31,33). The summed E-state index contributed by atoms with van der Waals surface area (Å²) in [4.78, 5) is 30.0. The van der Waals surface area contributed by atoms with Crippen molar-refractivity contribution in [2.24, 2.45) is 0 Å². The van der Waals surface area contributed by atoms with Crippen LogP contribution >= 0.6 is 11.8 Å². The highest BCUT2D eigenvalue weighted by Crippen LogP contribution is 2.42. The monoisotopic (exact) mass is 486 g/mol. The number of anilines is 1. The summed E-state index contributed by atoms with van der Waals surface area (Å²) in [5.74, 6) is -0.673. The van der Waals surface area contributed by atoms with Crippen LogP contribution in [-0.2, 0) is 6.54 Å². The van der Waals surface area contributed by atoms with Crippen molar-refractivity contribution in [1.82, 2.24) is 5.32 Å². The Kier molecular flexibility index (Phi) is 7.00. The molecule has 0 radical (unpaired) electrons. The molecule has 0 spiro atoms. The van der Waals surface area contributed by atoms with Crippen LogP contribution in [0.4, 0.5) is 10.1 Å². The van der Waals surface area contributed by atoms with Crippen LogP contribution < -0.4 is 10.2 Å². The predicted octanol–water partition coefficient (Wildman–Crippen LogP) is 6.76. The average molecular weight is 487 g/mol. The molecule has 4 nitrogen and oxygen atoms in total. The maximum Gasteiger partial charge on any atom is 0.259 e. The van der Waals surface area contributed by atoms with E-state index in [-0.39, 0.29) is 24.2 Å². The fraction of sp³-hybridized carbons (Fsp3) is 0.241. The van der Waals surface area contributed by atoms with E-state index in [2.05, 4.69) is 11.4 Å². The molecule has 0 saturated carbocycles. The predicted molar refractivity (Wildman–Crippen MR) is 137 cm³/mol. The maximum absolute atomic E-state index is 13.9. The lowest BCUT2D eigenvalue weighted by atomic mass is 9.97. The van der Waals surface area contributed by atoms with Crippen LogP contribution in [0.3, 0.4) is 0 Å². The fourth-order valence-corrected chi connectivity index (χ4v) is 5.67. The smallest absolute Gasteiger partial charge is 0.259 e. The highest BCUT2D eigenvalue weighted by Gasteiger charge is 2.28. The fourth-order valence-electron chi connectivity index (χ4n) is 4.61. The third-order valence-corrected chi connectivity index (χ3v) is 7.58. The Bertz CT molecular complexity index is 1300. The number of benzene rings is 3. The van der Waals surface area contributed by atoms with Crippen molar-refractivity contribution in [2.45, 2.75) is 48.4 Å². The molecular weight excluding hydrogens is 459 g/mol. The SMILES string of the molecule is O=C(NCCC1=CCCCC1)c1ccc2c(c1)N(Cc1cccc(F)c1)C(=O)c1ccccc1S2. The van der Waals surface area contributed by atoms with Gasteiger partial charge in [0.2, 0.25) is 0 Å². The minimum absolute atomic E-state index is 0.158. The zero-order chi connectivity index (χ0) is 24.2. The largest absolute Gasteiger partial charge is 0.352 e. The zero-order valence-electron chi connectivity index (χ0n) is 19.4. The van der Waals surface area contributed by atoms with Gasteiger partial charge in [0, 0.05) is 21.9 Å². The molecule has 5 rings (SSSR count). The number of nitrogens with one attached hydrogen (secondary N) is 1. The number of carbonyl (C=O) groups is 2. The van der Waals surface area contributed by atoms with E-state index in [9.17, 15) is 14.0 Å². The van der Waals surface area contributed by atoms with Crippen molar-refractivity contribution in [3.8, 4) is 0 Å². The first-order valence-electron chi connectivity index (χ1n) is 12.0. The van der Waals surface area contributed by atoms with E-state index >= 15 is 0 Å². The molecule has 2 amide bonds. The molecule has 0 bridgehead atoms. The normalized spacial score (nSPS) is 15.1. The lowest BCUT2D eigenvalue weighted by Crippen LogP contribution is -2.31. The first-order valence-corrected chi connectivity index (χ1v) is 12.8. The van der Waals surface area contributed by atoms with Gasteiger partial charge in [-0.2, -0.15) is 0 Å². The summed E-state index contributed by atoms with van der Waals surface area (Å²) in [7, 11) is 0. The van der Waals surface area contributed by atoms with Gasteiger partial charge in [0.15, 0.2) is 0 Å². The summed E-state index contributed by atoms with van der Waals surface area (Å²) in [5.41, 5.74) is 3.86. The van der Waals surface area contributed by atoms with Crippen molar-refractivity contribution < 1.29 is 14.0 Å². The van der Waals surface area contributed by atoms with Crippen molar-refractivity contribution >= 4 is 29.3 Å². The summed E-state index contributed by atoms with van der Waals surface area (Å²) in [5, 5.41) is 3.03. The van der Waals surface area contributed by atoms with Gasteiger partial charge in [0.05, 0.1) is 17.8 Å². The summed E-state index contributed by atoms with van der Waals surface area (Å²) >= 11 is 1.51. The Balaban J connectivity index is 1.43. The average Bonchev–Trinajstić information content (AvgIpc) is 2.99. The molecule has 1 N–H and O–H groups in total. The van der Waals surface area contributed by atoms with Crippen LogP contribution in [0, 0.1) is 5.82 Å². The first-order chi connectivity index (χ1) is 17.1. The number of amides is 2. The van der Waals surface area contributed by atoms with E-state index in [1.165, 1.54) is 42.3 Å². The minimum Gasteiger partial charge on any atom is -0.352 e. The first kappa shape index (κ1) is 23.4. The topological polar surface area (TPSA) is 49.4 Å². The number of fused-ring (bicyclic) bond motifs is 2. The van der Waals surface area contributed by atoms with Gasteiger partial charge in [-0.05, 0) is 80.1 Å². The van der Waals surface area contributed by atoms with Gasteiger partial charge in [0.25, 0.3) is 11.8 Å². The van der Waals surface area contributed by atoms with Crippen LogP contribution in [0.25, 0.3) is 0 Å². The van der Waals surface area contributed by atoms with Gasteiger partial charge in [-0.1, -0.05) is 47.7 Å². The van der Waals surface area contributed by atoms with Crippen LogP contribution in [0.5, 0.6) is 0 Å². The van der Waals surface area contributed by atoms with E-state index in [1.54, 1.807) is 29.2 Å². The van der Waals surface area contributed by atoms with E-state index < -0.39 is 0 Å². The van der Waals surface area contributed by atoms with Gasteiger partial charge >= 0.3 is 0 Å². The van der Waals surface area contributed by atoms with Crippen LogP contribution in [-0.4, -0.2) is 18.4 Å². The third kappa shape index (κ3) is 5.33. The number of rotatable bonds is 6. The lowest BCUT2D eigenvalue weighted by Gasteiger charge is -2.24. The number of carbonyl (C=O) groups excluding carboxylic acids is 2. The van der Waals surface area contributed by atoms with Crippen LogP contribution in [0.15, 0.2) is 88.2 Å². The quantitative estimate of drug-likeness (QED) is 0.392. The van der Waals surface area contributed by atoms with Crippen molar-refractivity contribution in [2.75, 3.05) is 11.4 Å². The van der Waals surface area contributed by atoms with Crippen molar-refractivity contribution in [3.63, 3.8) is 0 Å². The van der Waals surface area contributed by atoms with E-state index in [1.807, 2.05) is 30.3 Å². The van der Waals surface area contributed by atoms with Crippen LogP contribution in [0.2, 0.25) is 0 Å². The molecule has 6 heteroatoms. The second kappa shape index (κ2) is 10.5. The molecule has 0 unspecified atom stereocenters. The molecule has 1 aliphatic carbocycles. The summed E-state index contributed by atoms with van der Waals surface area (Å²) in [6.07, 6.45) is 7.87. The zero-order valence-corrected chi connectivity index (χ0v) is 20.2. The van der Waals surface area contributed by atoms with Crippen molar-refractivity contribution in [1.29, 1.82) is 0 Å². The van der Waals surface area contributed by atoms with E-state index in [4.69, 9.17) is 0 Å². The molecule has 178 valence electrons. The second-order valence-electron chi connectivity index (χ2n) is 8.92. The minimum atomic E-state index is -0.346. The Morgan fingerprint density at radius 3 is 2.71 bits per heavy atom. The molecule has 0 aromatic heterocycles. The molecule has 35 heavy (non-hydrogen) atoms. The second-order valence-corrected chi connectivity index (χ2v) is 10.00. The van der Waals surface area contributed by atoms with Gasteiger partial charge in [0.1, 0.15) is 5.82 Å². The molecule has 0 saturated heterocycles. The Morgan fingerprint density at radius 1 is 1.00 bits per heavy atom. The molecule has 0 atom stereocenters. The number of hydrogen-bond acceptors (Lipinski definition) is 3. The number of hydrogen-bond donors (Lipinski definition) is 1. The third-order valence-electron chi connectivity index (χ3n) is 6.44. The molecule has 1 heterocycles. The van der Waals surface area contributed by atoms with Crippen LogP contribution in [0.1, 0.15) is 58.4 Å². The Hall–Kier alpha value is -3.38. The van der Waals surface area contributed by atoms with Crippen molar-refractivity contribution in [3.05, 3.63) is 101 Å². The highest BCUT2D eigenvalue weighted by molar-refractivity contribution is 7.99. The summed E-state index contributed by atoms with van der Waals surface area (Å²) < 4.78 is 13.9. The molecule has 3 aromatic rings. The van der Waals surface area contributed by atoms with Gasteiger partial charge in [-0.15, -0.1) is 0 Å². The number of nitrogens with zero attached hydrogens (tertiary/aromatic N) is 1. The molecule has 3 aromatic carbocycles. The maximum atomic E-state index is 13.9. The van der Waals surface area contributed by atoms with Gasteiger partial charge in [-0.25, -0.2) is 4.39 Å².